The number of hydrogen-bond donors (Lipinski definition) is 2. The SMILES string of the molecule is CCC(C)(CCN)NC(=O)C1CCC(C(C)(C)C)CC1. The van der Waals surface area contributed by atoms with Crippen LogP contribution in [0.1, 0.15) is 73.1 Å². The number of amides is 1. The van der Waals surface area contributed by atoms with Gasteiger partial charge in [-0.05, 0) is 63.3 Å². The second-order valence-electron chi connectivity index (χ2n) is 7.86. The summed E-state index contributed by atoms with van der Waals surface area (Å²) in [5.41, 5.74) is 5.90. The number of carbonyl (C=O) groups is 1. The molecule has 0 bridgehead atoms. The van der Waals surface area contributed by atoms with Crippen LogP contribution >= 0.6 is 0 Å². The highest BCUT2D eigenvalue weighted by Crippen LogP contribution is 2.40. The number of rotatable bonds is 5. The van der Waals surface area contributed by atoms with Crippen LogP contribution in [0.2, 0.25) is 0 Å². The lowest BCUT2D eigenvalue weighted by atomic mass is 9.69. The Morgan fingerprint density at radius 3 is 2.10 bits per heavy atom. The molecule has 1 amide bonds. The zero-order valence-electron chi connectivity index (χ0n) is 14.1. The molecule has 0 aliphatic heterocycles. The van der Waals surface area contributed by atoms with Gasteiger partial charge in [0.15, 0.2) is 0 Å². The fourth-order valence-corrected chi connectivity index (χ4v) is 3.27. The van der Waals surface area contributed by atoms with Gasteiger partial charge in [0.1, 0.15) is 0 Å². The molecule has 118 valence electrons. The van der Waals surface area contributed by atoms with Crippen LogP contribution in [0.25, 0.3) is 0 Å². The molecule has 1 aliphatic carbocycles. The topological polar surface area (TPSA) is 55.1 Å². The molecule has 1 unspecified atom stereocenters. The van der Waals surface area contributed by atoms with E-state index in [-0.39, 0.29) is 17.4 Å². The third-order valence-corrected chi connectivity index (χ3v) is 5.22. The molecule has 0 aromatic heterocycles. The van der Waals surface area contributed by atoms with Gasteiger partial charge in [-0.1, -0.05) is 27.7 Å². The molecule has 0 spiro atoms. The van der Waals surface area contributed by atoms with E-state index in [1.807, 2.05) is 0 Å². The lowest BCUT2D eigenvalue weighted by Crippen LogP contribution is -2.49. The van der Waals surface area contributed by atoms with Crippen molar-refractivity contribution < 1.29 is 4.79 Å². The van der Waals surface area contributed by atoms with Gasteiger partial charge in [-0.25, -0.2) is 0 Å². The van der Waals surface area contributed by atoms with Gasteiger partial charge in [-0.15, -0.1) is 0 Å². The molecule has 0 aromatic rings. The Morgan fingerprint density at radius 1 is 1.15 bits per heavy atom. The molecule has 3 heteroatoms. The minimum atomic E-state index is -0.132. The molecule has 1 fully saturated rings. The van der Waals surface area contributed by atoms with E-state index in [9.17, 15) is 4.79 Å². The molecule has 0 heterocycles. The standard InChI is InChI=1S/C17H34N2O/c1-6-17(5,11-12-18)19-15(20)13-7-9-14(10-8-13)16(2,3)4/h13-14H,6-12,18H2,1-5H3,(H,19,20). The molecular formula is C17H34N2O. The van der Waals surface area contributed by atoms with Crippen LogP contribution < -0.4 is 11.1 Å². The van der Waals surface area contributed by atoms with Crippen LogP contribution in [0.3, 0.4) is 0 Å². The van der Waals surface area contributed by atoms with Crippen molar-refractivity contribution in [1.29, 1.82) is 0 Å². The minimum absolute atomic E-state index is 0.132. The molecule has 0 radical (unpaired) electrons. The first kappa shape index (κ1) is 17.5. The summed E-state index contributed by atoms with van der Waals surface area (Å²) in [6.07, 6.45) is 6.23. The van der Waals surface area contributed by atoms with E-state index in [1.165, 1.54) is 12.8 Å². The van der Waals surface area contributed by atoms with Crippen LogP contribution in [0.4, 0.5) is 0 Å². The molecule has 1 aliphatic rings. The summed E-state index contributed by atoms with van der Waals surface area (Å²) in [6, 6.07) is 0. The van der Waals surface area contributed by atoms with E-state index in [0.717, 1.165) is 31.6 Å². The minimum Gasteiger partial charge on any atom is -0.351 e. The summed E-state index contributed by atoms with van der Waals surface area (Å²) in [4.78, 5) is 12.5. The van der Waals surface area contributed by atoms with Crippen LogP contribution in [-0.4, -0.2) is 18.0 Å². The number of hydrogen-bond acceptors (Lipinski definition) is 2. The Morgan fingerprint density at radius 2 is 1.70 bits per heavy atom. The molecule has 20 heavy (non-hydrogen) atoms. The van der Waals surface area contributed by atoms with Gasteiger partial charge < -0.3 is 11.1 Å². The van der Waals surface area contributed by atoms with Crippen LogP contribution in [0.15, 0.2) is 0 Å². The number of carbonyl (C=O) groups excluding carboxylic acids is 1. The molecule has 1 saturated carbocycles. The van der Waals surface area contributed by atoms with Gasteiger partial charge >= 0.3 is 0 Å². The predicted octanol–water partition coefficient (Wildman–Crippen LogP) is 3.47. The lowest BCUT2D eigenvalue weighted by molar-refractivity contribution is -0.128. The van der Waals surface area contributed by atoms with E-state index < -0.39 is 0 Å². The second kappa shape index (κ2) is 6.93. The summed E-state index contributed by atoms with van der Waals surface area (Å²) < 4.78 is 0. The Hall–Kier alpha value is -0.570. The number of nitrogens with two attached hydrogens (primary N) is 1. The first-order valence-corrected chi connectivity index (χ1v) is 8.24. The van der Waals surface area contributed by atoms with Gasteiger partial charge in [-0.3, -0.25) is 4.79 Å². The van der Waals surface area contributed by atoms with E-state index >= 15 is 0 Å². The summed E-state index contributed by atoms with van der Waals surface area (Å²) in [5, 5.41) is 3.25. The van der Waals surface area contributed by atoms with E-state index in [2.05, 4.69) is 39.9 Å². The fraction of sp³-hybridized carbons (Fsp3) is 0.941. The maximum absolute atomic E-state index is 12.5. The number of nitrogens with one attached hydrogen (secondary N) is 1. The molecule has 3 nitrogen and oxygen atoms in total. The Balaban J connectivity index is 2.51. The van der Waals surface area contributed by atoms with Crippen molar-refractivity contribution in [1.82, 2.24) is 5.32 Å². The lowest BCUT2D eigenvalue weighted by Gasteiger charge is -2.38. The first-order valence-electron chi connectivity index (χ1n) is 8.24. The van der Waals surface area contributed by atoms with Gasteiger partial charge in [-0.2, -0.15) is 0 Å². The van der Waals surface area contributed by atoms with Crippen molar-refractivity contribution in [3.05, 3.63) is 0 Å². The van der Waals surface area contributed by atoms with Crippen molar-refractivity contribution in [2.75, 3.05) is 6.54 Å². The summed E-state index contributed by atoms with van der Waals surface area (Å²) in [7, 11) is 0. The third kappa shape index (κ3) is 4.76. The summed E-state index contributed by atoms with van der Waals surface area (Å²) in [6.45, 7) is 11.8. The Labute approximate surface area is 125 Å². The monoisotopic (exact) mass is 282 g/mol. The molecular weight excluding hydrogens is 248 g/mol. The first-order chi connectivity index (χ1) is 9.22. The maximum Gasteiger partial charge on any atom is 0.223 e. The summed E-state index contributed by atoms with van der Waals surface area (Å²) >= 11 is 0. The van der Waals surface area contributed by atoms with Gasteiger partial charge in [0.25, 0.3) is 0 Å². The normalized spacial score (nSPS) is 26.9. The van der Waals surface area contributed by atoms with Crippen molar-refractivity contribution in [2.24, 2.45) is 23.0 Å². The van der Waals surface area contributed by atoms with Crippen LogP contribution in [0.5, 0.6) is 0 Å². The van der Waals surface area contributed by atoms with Crippen LogP contribution in [-0.2, 0) is 4.79 Å². The highest BCUT2D eigenvalue weighted by molar-refractivity contribution is 5.79. The third-order valence-electron chi connectivity index (χ3n) is 5.22. The molecule has 1 rings (SSSR count). The van der Waals surface area contributed by atoms with Gasteiger partial charge in [0.2, 0.25) is 5.91 Å². The van der Waals surface area contributed by atoms with E-state index in [0.29, 0.717) is 12.0 Å². The van der Waals surface area contributed by atoms with Crippen molar-refractivity contribution in [3.63, 3.8) is 0 Å². The zero-order chi connectivity index (χ0) is 15.4. The van der Waals surface area contributed by atoms with Crippen LogP contribution in [0, 0.1) is 17.3 Å². The fourth-order valence-electron chi connectivity index (χ4n) is 3.27. The second-order valence-corrected chi connectivity index (χ2v) is 7.86. The van der Waals surface area contributed by atoms with E-state index in [4.69, 9.17) is 5.73 Å². The molecule has 0 saturated heterocycles. The Kier molecular flexibility index (Phi) is 6.06. The summed E-state index contributed by atoms with van der Waals surface area (Å²) in [5.74, 6) is 1.21. The van der Waals surface area contributed by atoms with Crippen molar-refractivity contribution >= 4 is 5.91 Å². The largest absolute Gasteiger partial charge is 0.351 e. The zero-order valence-corrected chi connectivity index (χ0v) is 14.1. The van der Waals surface area contributed by atoms with Gasteiger partial charge in [0.05, 0.1) is 0 Å². The predicted molar refractivity (Wildman–Crippen MR) is 85.4 cm³/mol. The Bertz CT molecular complexity index is 313. The average Bonchev–Trinajstić information content (AvgIpc) is 2.38. The highest BCUT2D eigenvalue weighted by Gasteiger charge is 2.34. The maximum atomic E-state index is 12.5. The highest BCUT2D eigenvalue weighted by atomic mass is 16.2. The average molecular weight is 282 g/mol. The van der Waals surface area contributed by atoms with Crippen molar-refractivity contribution in [3.8, 4) is 0 Å². The van der Waals surface area contributed by atoms with Crippen molar-refractivity contribution in [2.45, 2.75) is 78.7 Å². The van der Waals surface area contributed by atoms with Gasteiger partial charge in [0, 0.05) is 11.5 Å². The van der Waals surface area contributed by atoms with E-state index in [1.54, 1.807) is 0 Å². The molecule has 1 atom stereocenters. The molecule has 3 N–H and O–H groups in total. The molecule has 0 aromatic carbocycles. The smallest absolute Gasteiger partial charge is 0.223 e. The quantitative estimate of drug-likeness (QED) is 0.811.